The van der Waals surface area contributed by atoms with Gasteiger partial charge in [-0.3, -0.25) is 0 Å². The smallest absolute Gasteiger partial charge is 0.0499 e. The minimum Gasteiger partial charge on any atom is -0.396 e. The molecule has 0 spiro atoms. The van der Waals surface area contributed by atoms with Gasteiger partial charge in [0.1, 0.15) is 0 Å². The van der Waals surface area contributed by atoms with E-state index in [9.17, 15) is 5.11 Å². The molecule has 0 aliphatic heterocycles. The molecule has 1 unspecified atom stereocenters. The second-order valence-electron chi connectivity index (χ2n) is 6.97. The Morgan fingerprint density at radius 3 is 2.06 bits per heavy atom. The minimum atomic E-state index is 0.177. The first-order valence-corrected chi connectivity index (χ1v) is 7.80. The highest BCUT2D eigenvalue weighted by molar-refractivity contribution is 4.85. The molecule has 108 valence electrons. The number of aliphatic hydroxyl groups excluding tert-OH is 1. The van der Waals surface area contributed by atoms with Crippen LogP contribution < -0.4 is 0 Å². The Kier molecular flexibility index (Phi) is 6.65. The van der Waals surface area contributed by atoms with Crippen molar-refractivity contribution < 1.29 is 5.11 Å². The lowest BCUT2D eigenvalue weighted by molar-refractivity contribution is 0.0528. The van der Waals surface area contributed by atoms with Crippen LogP contribution in [0.3, 0.4) is 0 Å². The van der Waals surface area contributed by atoms with Crippen LogP contribution in [0, 0.1) is 11.3 Å². The first-order chi connectivity index (χ1) is 8.49. The predicted molar refractivity (Wildman–Crippen MR) is 78.8 cm³/mol. The van der Waals surface area contributed by atoms with Crippen molar-refractivity contribution in [3.63, 3.8) is 0 Å². The minimum absolute atomic E-state index is 0.177. The lowest BCUT2D eigenvalue weighted by Crippen LogP contribution is -2.42. The quantitative estimate of drug-likeness (QED) is 0.732. The third-order valence-corrected chi connectivity index (χ3v) is 4.65. The molecule has 2 heteroatoms. The van der Waals surface area contributed by atoms with Crippen LogP contribution in [0.15, 0.2) is 0 Å². The molecule has 1 aliphatic carbocycles. The Morgan fingerprint density at radius 2 is 1.61 bits per heavy atom. The topological polar surface area (TPSA) is 23.5 Å². The van der Waals surface area contributed by atoms with Crippen LogP contribution >= 0.6 is 0 Å². The zero-order valence-corrected chi connectivity index (χ0v) is 12.9. The molecule has 0 aromatic rings. The van der Waals surface area contributed by atoms with Crippen molar-refractivity contribution in [3.05, 3.63) is 0 Å². The van der Waals surface area contributed by atoms with Gasteiger partial charge in [0.2, 0.25) is 0 Å². The number of hydrogen-bond donors (Lipinski definition) is 1. The Labute approximate surface area is 114 Å². The van der Waals surface area contributed by atoms with E-state index in [-0.39, 0.29) is 5.41 Å². The highest BCUT2D eigenvalue weighted by Gasteiger charge is 2.32. The number of aliphatic hydroxyl groups is 1. The first kappa shape index (κ1) is 16.0. The van der Waals surface area contributed by atoms with E-state index in [1.54, 1.807) is 0 Å². The fraction of sp³-hybridized carbons (Fsp3) is 1.00. The summed E-state index contributed by atoms with van der Waals surface area (Å²) in [6.45, 7) is 8.33. The van der Waals surface area contributed by atoms with Gasteiger partial charge in [0.15, 0.2) is 0 Å². The van der Waals surface area contributed by atoms with Gasteiger partial charge in [-0.2, -0.15) is 0 Å². The summed E-state index contributed by atoms with van der Waals surface area (Å²) in [6.07, 6.45) is 8.97. The van der Waals surface area contributed by atoms with E-state index in [0.717, 1.165) is 12.5 Å². The van der Waals surface area contributed by atoms with Crippen LogP contribution in [-0.4, -0.2) is 36.2 Å². The van der Waals surface area contributed by atoms with Crippen molar-refractivity contribution in [1.82, 2.24) is 4.90 Å². The standard InChI is InChI=1S/C16H33NO/c1-14(2)11-15(3)17(4)12-16(13-18)9-7-5-6-8-10-16/h14-15,18H,5-13H2,1-4H3. The molecule has 2 nitrogen and oxygen atoms in total. The van der Waals surface area contributed by atoms with E-state index in [2.05, 4.69) is 32.7 Å². The summed E-state index contributed by atoms with van der Waals surface area (Å²) in [7, 11) is 2.23. The molecule has 0 bridgehead atoms. The van der Waals surface area contributed by atoms with Gasteiger partial charge in [-0.05, 0) is 39.2 Å². The zero-order chi connectivity index (χ0) is 13.6. The Balaban J connectivity index is 2.54. The molecule has 1 atom stereocenters. The number of hydrogen-bond acceptors (Lipinski definition) is 2. The number of rotatable bonds is 6. The average molecular weight is 255 g/mol. The summed E-state index contributed by atoms with van der Waals surface area (Å²) in [5, 5.41) is 9.85. The molecule has 0 heterocycles. The largest absolute Gasteiger partial charge is 0.396 e. The monoisotopic (exact) mass is 255 g/mol. The van der Waals surface area contributed by atoms with Crippen LogP contribution in [0.25, 0.3) is 0 Å². The van der Waals surface area contributed by atoms with Gasteiger partial charge in [-0.1, -0.05) is 39.5 Å². The van der Waals surface area contributed by atoms with Gasteiger partial charge >= 0.3 is 0 Å². The maximum absolute atomic E-state index is 9.85. The summed E-state index contributed by atoms with van der Waals surface area (Å²) >= 11 is 0. The molecular weight excluding hydrogens is 222 g/mol. The SMILES string of the molecule is CC(C)CC(C)N(C)CC1(CO)CCCCCC1. The molecule has 18 heavy (non-hydrogen) atoms. The fourth-order valence-electron chi connectivity index (χ4n) is 3.39. The summed E-state index contributed by atoms with van der Waals surface area (Å²) < 4.78 is 0. The van der Waals surface area contributed by atoms with Crippen molar-refractivity contribution >= 4 is 0 Å². The van der Waals surface area contributed by atoms with E-state index in [0.29, 0.717) is 12.6 Å². The lowest BCUT2D eigenvalue weighted by atomic mass is 9.80. The van der Waals surface area contributed by atoms with Crippen LogP contribution in [-0.2, 0) is 0 Å². The first-order valence-electron chi connectivity index (χ1n) is 7.80. The molecule has 1 N–H and O–H groups in total. The van der Waals surface area contributed by atoms with Crippen LogP contribution in [0.1, 0.15) is 65.7 Å². The molecule has 1 saturated carbocycles. The lowest BCUT2D eigenvalue weighted by Gasteiger charge is -2.38. The Hall–Kier alpha value is -0.0800. The zero-order valence-electron chi connectivity index (χ0n) is 12.9. The summed E-state index contributed by atoms with van der Waals surface area (Å²) in [6, 6.07) is 0.622. The van der Waals surface area contributed by atoms with E-state index >= 15 is 0 Å². The molecule has 0 aromatic carbocycles. The van der Waals surface area contributed by atoms with E-state index in [1.807, 2.05) is 0 Å². The van der Waals surface area contributed by atoms with Crippen molar-refractivity contribution in [1.29, 1.82) is 0 Å². The average Bonchev–Trinajstić information content (AvgIpc) is 2.54. The Bertz CT molecular complexity index is 219. The molecule has 1 aliphatic rings. The van der Waals surface area contributed by atoms with Gasteiger partial charge in [0.05, 0.1) is 0 Å². The normalized spacial score (nSPS) is 22.2. The maximum atomic E-state index is 9.85. The molecule has 1 fully saturated rings. The number of nitrogens with zero attached hydrogens (tertiary/aromatic N) is 1. The molecule has 0 amide bonds. The van der Waals surface area contributed by atoms with Crippen LogP contribution in [0.4, 0.5) is 0 Å². The molecule has 0 radical (unpaired) electrons. The van der Waals surface area contributed by atoms with E-state index in [1.165, 1.54) is 44.9 Å². The maximum Gasteiger partial charge on any atom is 0.0499 e. The fourth-order valence-corrected chi connectivity index (χ4v) is 3.39. The second-order valence-corrected chi connectivity index (χ2v) is 6.97. The third kappa shape index (κ3) is 4.89. The summed E-state index contributed by atoms with van der Waals surface area (Å²) in [5.74, 6) is 0.752. The van der Waals surface area contributed by atoms with Crippen molar-refractivity contribution in [2.75, 3.05) is 20.2 Å². The van der Waals surface area contributed by atoms with Gasteiger partial charge in [0.25, 0.3) is 0 Å². The Morgan fingerprint density at radius 1 is 1.06 bits per heavy atom. The highest BCUT2D eigenvalue weighted by Crippen LogP contribution is 2.35. The van der Waals surface area contributed by atoms with E-state index in [4.69, 9.17) is 0 Å². The van der Waals surface area contributed by atoms with Crippen molar-refractivity contribution in [2.45, 2.75) is 71.8 Å². The second kappa shape index (κ2) is 7.49. The summed E-state index contributed by atoms with van der Waals surface area (Å²) in [4.78, 5) is 2.47. The molecule has 0 aromatic heterocycles. The van der Waals surface area contributed by atoms with E-state index < -0.39 is 0 Å². The van der Waals surface area contributed by atoms with Gasteiger partial charge < -0.3 is 10.0 Å². The molecule has 1 rings (SSSR count). The van der Waals surface area contributed by atoms with Crippen LogP contribution in [0.2, 0.25) is 0 Å². The predicted octanol–water partition coefficient (Wildman–Crippen LogP) is 3.69. The van der Waals surface area contributed by atoms with Gasteiger partial charge in [0, 0.05) is 24.6 Å². The third-order valence-electron chi connectivity index (χ3n) is 4.65. The molecule has 0 saturated heterocycles. The highest BCUT2D eigenvalue weighted by atomic mass is 16.3. The van der Waals surface area contributed by atoms with Gasteiger partial charge in [-0.25, -0.2) is 0 Å². The van der Waals surface area contributed by atoms with Crippen LogP contribution in [0.5, 0.6) is 0 Å². The summed E-state index contributed by atoms with van der Waals surface area (Å²) in [5.41, 5.74) is 0.177. The molecular formula is C16H33NO. The van der Waals surface area contributed by atoms with Gasteiger partial charge in [-0.15, -0.1) is 0 Å². The van der Waals surface area contributed by atoms with Crippen molar-refractivity contribution in [2.24, 2.45) is 11.3 Å². The van der Waals surface area contributed by atoms with Crippen molar-refractivity contribution in [3.8, 4) is 0 Å².